The zero-order valence-electron chi connectivity index (χ0n) is 27.2. The van der Waals surface area contributed by atoms with Crippen molar-refractivity contribution in [3.05, 3.63) is 97.1 Å². The molecule has 242 valence electrons. The fourth-order valence-corrected chi connectivity index (χ4v) is 3.11. The minimum atomic E-state index is -1.97. The molecule has 1 heterocycles. The number of rotatable bonds is 8. The average molecular weight is 607 g/mol. The Morgan fingerprint density at radius 3 is 1.51 bits per heavy atom. The number of carbonyl (C=O) groups is 3. The summed E-state index contributed by atoms with van der Waals surface area (Å²) in [6.45, 7) is 22.2. The molecule has 0 saturated carbocycles. The van der Waals surface area contributed by atoms with E-state index in [4.69, 9.17) is 18.9 Å². The molecule has 0 radical (unpaired) electrons. The summed E-state index contributed by atoms with van der Waals surface area (Å²) in [6.07, 6.45) is -4.01. The highest BCUT2D eigenvalue weighted by Crippen LogP contribution is 2.30. The first-order chi connectivity index (χ1) is 20.9. The van der Waals surface area contributed by atoms with E-state index in [2.05, 4.69) is 17.9 Å². The SMILES string of the molecule is C=CC.C=CC.CC.CC.CC.COC1OC(COC=O)C(F)C(OC(=O)c2ccccc2)C1OC(=O)c1ccccc1. The third-order valence-corrected chi connectivity index (χ3v) is 4.64. The van der Waals surface area contributed by atoms with Gasteiger partial charge in [-0.3, -0.25) is 4.79 Å². The minimum Gasteiger partial charge on any atom is -0.465 e. The number of esters is 2. The van der Waals surface area contributed by atoms with Crippen molar-refractivity contribution < 1.29 is 42.5 Å². The van der Waals surface area contributed by atoms with Crippen LogP contribution >= 0.6 is 0 Å². The van der Waals surface area contributed by atoms with E-state index in [-0.39, 0.29) is 17.6 Å². The molecule has 3 rings (SSSR count). The van der Waals surface area contributed by atoms with Crippen molar-refractivity contribution in [3.8, 4) is 0 Å². The van der Waals surface area contributed by atoms with Gasteiger partial charge in [0.25, 0.3) is 6.47 Å². The fraction of sp³-hybridized carbons (Fsp3) is 0.441. The topological polar surface area (TPSA) is 97.4 Å². The van der Waals surface area contributed by atoms with Crippen molar-refractivity contribution in [1.82, 2.24) is 0 Å². The molecule has 1 aliphatic rings. The zero-order chi connectivity index (χ0) is 33.6. The van der Waals surface area contributed by atoms with Crippen LogP contribution in [-0.2, 0) is 28.5 Å². The molecule has 0 N–H and O–H groups in total. The normalized spacial score (nSPS) is 19.3. The highest BCUT2D eigenvalue weighted by Gasteiger charge is 2.51. The van der Waals surface area contributed by atoms with Gasteiger partial charge >= 0.3 is 11.9 Å². The van der Waals surface area contributed by atoms with Gasteiger partial charge in [-0.05, 0) is 38.1 Å². The third kappa shape index (κ3) is 17.0. The van der Waals surface area contributed by atoms with E-state index in [9.17, 15) is 14.4 Å². The summed E-state index contributed by atoms with van der Waals surface area (Å²) in [5.41, 5.74) is 0.399. The molecule has 0 aromatic heterocycles. The first-order valence-electron chi connectivity index (χ1n) is 14.4. The molecule has 0 bridgehead atoms. The van der Waals surface area contributed by atoms with E-state index in [0.717, 1.165) is 0 Å². The Morgan fingerprint density at radius 2 is 1.16 bits per heavy atom. The quantitative estimate of drug-likeness (QED) is 0.130. The first kappa shape index (κ1) is 43.6. The summed E-state index contributed by atoms with van der Waals surface area (Å²) in [4.78, 5) is 35.7. The van der Waals surface area contributed by atoms with Crippen molar-refractivity contribution >= 4 is 18.4 Å². The number of hydrogen-bond donors (Lipinski definition) is 0. The summed E-state index contributed by atoms with van der Waals surface area (Å²) < 4.78 is 41.4. The number of alkyl halides is 1. The molecular formula is C34H51FO8. The predicted molar refractivity (Wildman–Crippen MR) is 170 cm³/mol. The number of carbonyl (C=O) groups excluding carboxylic acids is 3. The number of benzene rings is 2. The predicted octanol–water partition coefficient (Wildman–Crippen LogP) is 7.78. The Hall–Kier alpha value is -3.82. The highest BCUT2D eigenvalue weighted by molar-refractivity contribution is 5.90. The summed E-state index contributed by atoms with van der Waals surface area (Å²) in [5.74, 6) is -1.59. The summed E-state index contributed by atoms with van der Waals surface area (Å²) >= 11 is 0. The van der Waals surface area contributed by atoms with E-state index in [1.807, 2.05) is 55.4 Å². The number of allylic oxidation sites excluding steroid dienone is 2. The number of methoxy groups -OCH3 is 1. The van der Waals surface area contributed by atoms with Crippen LogP contribution in [0.15, 0.2) is 86.0 Å². The highest BCUT2D eigenvalue weighted by atomic mass is 19.1. The minimum absolute atomic E-state index is 0.143. The van der Waals surface area contributed by atoms with Crippen LogP contribution in [0.5, 0.6) is 0 Å². The Kier molecular flexibility index (Phi) is 30.1. The van der Waals surface area contributed by atoms with Crippen LogP contribution in [0, 0.1) is 0 Å². The molecule has 1 fully saturated rings. The van der Waals surface area contributed by atoms with E-state index < -0.39 is 49.3 Å². The van der Waals surface area contributed by atoms with Crippen LogP contribution in [0.2, 0.25) is 0 Å². The molecule has 0 aliphatic carbocycles. The lowest BCUT2D eigenvalue weighted by Crippen LogP contribution is -2.60. The molecule has 2 aromatic carbocycles. The van der Waals surface area contributed by atoms with Gasteiger partial charge in [-0.15, -0.1) is 13.2 Å². The van der Waals surface area contributed by atoms with Gasteiger partial charge in [0.2, 0.25) is 0 Å². The van der Waals surface area contributed by atoms with Gasteiger partial charge in [-0.1, -0.05) is 90.1 Å². The van der Waals surface area contributed by atoms with Gasteiger partial charge < -0.3 is 23.7 Å². The Balaban J connectivity index is -0.00000117. The van der Waals surface area contributed by atoms with Crippen LogP contribution in [0.25, 0.3) is 0 Å². The third-order valence-electron chi connectivity index (χ3n) is 4.64. The van der Waals surface area contributed by atoms with Crippen LogP contribution in [0.4, 0.5) is 4.39 Å². The van der Waals surface area contributed by atoms with Crippen molar-refractivity contribution in [2.24, 2.45) is 0 Å². The van der Waals surface area contributed by atoms with Crippen LogP contribution in [0.1, 0.15) is 76.1 Å². The van der Waals surface area contributed by atoms with Crippen LogP contribution < -0.4 is 0 Å². The maximum absolute atomic E-state index is 15.3. The number of halogens is 1. The first-order valence-corrected chi connectivity index (χ1v) is 14.4. The summed E-state index contributed by atoms with van der Waals surface area (Å²) in [7, 11) is 1.26. The molecule has 1 aliphatic heterocycles. The van der Waals surface area contributed by atoms with Gasteiger partial charge in [0.05, 0.1) is 11.1 Å². The Bertz CT molecular complexity index is 963. The van der Waals surface area contributed by atoms with Gasteiger partial charge in [0, 0.05) is 7.11 Å². The molecule has 8 nitrogen and oxygen atoms in total. The smallest absolute Gasteiger partial charge is 0.338 e. The molecule has 9 heteroatoms. The maximum atomic E-state index is 15.3. The molecule has 1 saturated heterocycles. The molecule has 0 amide bonds. The molecule has 0 spiro atoms. The second-order valence-electron chi connectivity index (χ2n) is 7.44. The van der Waals surface area contributed by atoms with Gasteiger partial charge in [-0.2, -0.15) is 0 Å². The van der Waals surface area contributed by atoms with Crippen LogP contribution in [-0.4, -0.2) is 62.9 Å². The van der Waals surface area contributed by atoms with Crippen molar-refractivity contribution in [2.45, 2.75) is 86.2 Å². The van der Waals surface area contributed by atoms with E-state index in [1.165, 1.54) is 31.4 Å². The second kappa shape index (κ2) is 29.7. The lowest BCUT2D eigenvalue weighted by Gasteiger charge is -2.41. The lowest BCUT2D eigenvalue weighted by molar-refractivity contribution is -0.282. The molecule has 5 atom stereocenters. The van der Waals surface area contributed by atoms with Gasteiger partial charge in [-0.25, -0.2) is 14.0 Å². The Labute approximate surface area is 257 Å². The fourth-order valence-electron chi connectivity index (χ4n) is 3.11. The van der Waals surface area contributed by atoms with Gasteiger partial charge in [0.1, 0.15) is 12.7 Å². The van der Waals surface area contributed by atoms with E-state index in [0.29, 0.717) is 0 Å². The van der Waals surface area contributed by atoms with E-state index >= 15 is 4.39 Å². The molecule has 5 unspecified atom stereocenters. The number of hydrogen-bond acceptors (Lipinski definition) is 8. The maximum Gasteiger partial charge on any atom is 0.338 e. The Morgan fingerprint density at radius 1 is 0.791 bits per heavy atom. The zero-order valence-corrected chi connectivity index (χ0v) is 27.2. The summed E-state index contributed by atoms with van der Waals surface area (Å²) in [5, 5.41) is 0. The number of ether oxygens (including phenoxy) is 5. The largest absolute Gasteiger partial charge is 0.465 e. The second-order valence-corrected chi connectivity index (χ2v) is 7.44. The molecular weight excluding hydrogens is 555 g/mol. The monoisotopic (exact) mass is 606 g/mol. The summed E-state index contributed by atoms with van der Waals surface area (Å²) in [6, 6.07) is 16.0. The molecule has 2 aromatic rings. The van der Waals surface area contributed by atoms with E-state index in [1.54, 1.807) is 48.6 Å². The van der Waals surface area contributed by atoms with Crippen molar-refractivity contribution in [1.29, 1.82) is 0 Å². The average Bonchev–Trinajstić information content (AvgIpc) is 3.06. The lowest BCUT2D eigenvalue weighted by atomic mass is 9.99. The van der Waals surface area contributed by atoms with Gasteiger partial charge in [0.15, 0.2) is 24.7 Å². The standard InChI is InChI=1S/C22H21FO8.2C3H6.3C2H6/c1-27-22-19(31-21(26)15-10-6-3-7-11-15)18(17(23)16(29-22)12-28-13-24)30-20(25)14-8-4-2-5-9-14;2*1-3-2;3*1-2/h2-11,13,16-19,22H,12H2,1H3;2*3H,1H2,2H3;3*1-2H3. The van der Waals surface area contributed by atoms with Crippen LogP contribution in [0.3, 0.4) is 0 Å². The van der Waals surface area contributed by atoms with Crippen molar-refractivity contribution in [3.63, 3.8) is 0 Å². The molecule has 43 heavy (non-hydrogen) atoms. The van der Waals surface area contributed by atoms with Crippen molar-refractivity contribution in [2.75, 3.05) is 13.7 Å².